The van der Waals surface area contributed by atoms with Gasteiger partial charge in [-0.3, -0.25) is 4.79 Å². The molecule has 0 aromatic carbocycles. The number of hydrogen-bond acceptors (Lipinski definition) is 5. The molecule has 0 radical (unpaired) electrons. The summed E-state index contributed by atoms with van der Waals surface area (Å²) in [4.78, 5) is 11.5. The minimum absolute atomic E-state index is 0.228. The van der Waals surface area contributed by atoms with Gasteiger partial charge in [0.15, 0.2) is 0 Å². The molecule has 96 valence electrons. The molecule has 0 spiro atoms. The van der Waals surface area contributed by atoms with Gasteiger partial charge < -0.3 is 19.9 Å². The number of hydrogen-bond donors (Lipinski definition) is 1. The zero-order valence-electron chi connectivity index (χ0n) is 10.6. The molecule has 0 aliphatic rings. The van der Waals surface area contributed by atoms with Crippen LogP contribution < -0.4 is 5.73 Å². The molecule has 0 amide bonds. The summed E-state index contributed by atoms with van der Waals surface area (Å²) in [5.74, 6) is -0.386. The van der Waals surface area contributed by atoms with Crippen LogP contribution in [0, 0.1) is 5.41 Å². The number of esters is 1. The average Bonchev–Trinajstić information content (AvgIpc) is 2.20. The second-order valence-corrected chi connectivity index (χ2v) is 4.62. The maximum atomic E-state index is 11.5. The molecule has 0 rings (SSSR count). The SMILES string of the molecule is COCCOCCOC(=O)C(N)C(C)(C)C. The summed E-state index contributed by atoms with van der Waals surface area (Å²) < 4.78 is 14.9. The van der Waals surface area contributed by atoms with E-state index in [1.165, 1.54) is 0 Å². The third-order valence-corrected chi connectivity index (χ3v) is 2.09. The van der Waals surface area contributed by atoms with Gasteiger partial charge in [0.1, 0.15) is 12.6 Å². The fraction of sp³-hybridized carbons (Fsp3) is 0.909. The first-order valence-electron chi connectivity index (χ1n) is 5.38. The molecule has 0 bridgehead atoms. The summed E-state index contributed by atoms with van der Waals surface area (Å²) in [6.07, 6.45) is 0. The topological polar surface area (TPSA) is 70.8 Å². The molecule has 2 N–H and O–H groups in total. The predicted molar refractivity (Wildman–Crippen MR) is 61.1 cm³/mol. The zero-order chi connectivity index (χ0) is 12.6. The van der Waals surface area contributed by atoms with E-state index in [9.17, 15) is 4.79 Å². The zero-order valence-corrected chi connectivity index (χ0v) is 10.6. The van der Waals surface area contributed by atoms with Crippen molar-refractivity contribution in [2.75, 3.05) is 33.5 Å². The summed E-state index contributed by atoms with van der Waals surface area (Å²) in [5, 5.41) is 0. The Hall–Kier alpha value is -0.650. The van der Waals surface area contributed by atoms with Crippen molar-refractivity contribution >= 4 is 5.97 Å². The summed E-state index contributed by atoms with van der Waals surface area (Å²) in [6, 6.07) is -0.605. The third-order valence-electron chi connectivity index (χ3n) is 2.09. The second-order valence-electron chi connectivity index (χ2n) is 4.62. The molecule has 0 saturated carbocycles. The van der Waals surface area contributed by atoms with Gasteiger partial charge in [-0.05, 0) is 5.41 Å². The van der Waals surface area contributed by atoms with E-state index in [2.05, 4.69) is 0 Å². The fourth-order valence-corrected chi connectivity index (χ4v) is 0.889. The van der Waals surface area contributed by atoms with E-state index in [1.807, 2.05) is 20.8 Å². The lowest BCUT2D eigenvalue weighted by Crippen LogP contribution is -2.43. The van der Waals surface area contributed by atoms with Crippen LogP contribution in [0.4, 0.5) is 0 Å². The van der Waals surface area contributed by atoms with E-state index in [4.69, 9.17) is 19.9 Å². The molecular weight excluding hydrogens is 210 g/mol. The number of nitrogens with two attached hydrogens (primary N) is 1. The normalized spacial score (nSPS) is 13.6. The highest BCUT2D eigenvalue weighted by Crippen LogP contribution is 2.17. The highest BCUT2D eigenvalue weighted by molar-refractivity contribution is 5.76. The van der Waals surface area contributed by atoms with Crippen molar-refractivity contribution in [2.24, 2.45) is 11.1 Å². The summed E-state index contributed by atoms with van der Waals surface area (Å²) in [6.45, 7) is 7.32. The molecule has 0 aromatic heterocycles. The van der Waals surface area contributed by atoms with Crippen molar-refractivity contribution in [3.63, 3.8) is 0 Å². The first kappa shape index (κ1) is 15.3. The van der Waals surface area contributed by atoms with Gasteiger partial charge in [0.05, 0.1) is 19.8 Å². The van der Waals surface area contributed by atoms with Gasteiger partial charge in [0, 0.05) is 7.11 Å². The van der Waals surface area contributed by atoms with Crippen LogP contribution in [0.1, 0.15) is 20.8 Å². The van der Waals surface area contributed by atoms with E-state index in [1.54, 1.807) is 7.11 Å². The van der Waals surface area contributed by atoms with Gasteiger partial charge in [-0.2, -0.15) is 0 Å². The van der Waals surface area contributed by atoms with Crippen molar-refractivity contribution in [1.82, 2.24) is 0 Å². The lowest BCUT2D eigenvalue weighted by atomic mass is 9.87. The maximum Gasteiger partial charge on any atom is 0.323 e. The van der Waals surface area contributed by atoms with Gasteiger partial charge in [0.2, 0.25) is 0 Å². The van der Waals surface area contributed by atoms with Crippen LogP contribution in [0.15, 0.2) is 0 Å². The minimum Gasteiger partial charge on any atom is -0.462 e. The smallest absolute Gasteiger partial charge is 0.323 e. The number of carbonyl (C=O) groups excluding carboxylic acids is 1. The molecule has 0 aromatic rings. The molecule has 5 heteroatoms. The van der Waals surface area contributed by atoms with Crippen LogP contribution in [0.5, 0.6) is 0 Å². The molecule has 0 fully saturated rings. The Kier molecular flexibility index (Phi) is 7.29. The van der Waals surface area contributed by atoms with Crippen molar-refractivity contribution in [1.29, 1.82) is 0 Å². The Morgan fingerprint density at radius 3 is 2.25 bits per heavy atom. The van der Waals surface area contributed by atoms with Crippen LogP contribution in [-0.2, 0) is 19.0 Å². The summed E-state index contributed by atoms with van der Waals surface area (Å²) in [5.41, 5.74) is 5.44. The van der Waals surface area contributed by atoms with Crippen LogP contribution in [-0.4, -0.2) is 45.5 Å². The van der Waals surface area contributed by atoms with Crippen molar-refractivity contribution in [3.05, 3.63) is 0 Å². The first-order chi connectivity index (χ1) is 7.39. The van der Waals surface area contributed by atoms with Gasteiger partial charge >= 0.3 is 5.97 Å². The van der Waals surface area contributed by atoms with Gasteiger partial charge in [-0.1, -0.05) is 20.8 Å². The maximum absolute atomic E-state index is 11.5. The number of rotatable bonds is 7. The van der Waals surface area contributed by atoms with Crippen molar-refractivity contribution < 1.29 is 19.0 Å². The van der Waals surface area contributed by atoms with E-state index in [0.717, 1.165) is 0 Å². The first-order valence-corrected chi connectivity index (χ1v) is 5.38. The molecule has 0 saturated heterocycles. The highest BCUT2D eigenvalue weighted by atomic mass is 16.6. The molecule has 1 unspecified atom stereocenters. The molecule has 5 nitrogen and oxygen atoms in total. The Labute approximate surface area is 97.2 Å². The van der Waals surface area contributed by atoms with Crippen LogP contribution in [0.25, 0.3) is 0 Å². The van der Waals surface area contributed by atoms with Crippen LogP contribution in [0.3, 0.4) is 0 Å². The number of ether oxygens (including phenoxy) is 3. The standard InChI is InChI=1S/C11H23NO4/c1-11(2,3)9(12)10(13)16-8-7-15-6-5-14-4/h9H,5-8,12H2,1-4H3. The van der Waals surface area contributed by atoms with Crippen LogP contribution in [0.2, 0.25) is 0 Å². The van der Waals surface area contributed by atoms with Gasteiger partial charge in [0.25, 0.3) is 0 Å². The Bertz CT molecular complexity index is 201. The number of methoxy groups -OCH3 is 1. The third kappa shape index (κ3) is 6.76. The molecule has 16 heavy (non-hydrogen) atoms. The van der Waals surface area contributed by atoms with Crippen LogP contribution >= 0.6 is 0 Å². The predicted octanol–water partition coefficient (Wildman–Crippen LogP) is 0.566. The summed E-state index contributed by atoms with van der Waals surface area (Å²) >= 11 is 0. The Morgan fingerprint density at radius 2 is 1.75 bits per heavy atom. The summed E-state index contributed by atoms with van der Waals surface area (Å²) in [7, 11) is 1.60. The Morgan fingerprint density at radius 1 is 1.19 bits per heavy atom. The van der Waals surface area contributed by atoms with E-state index in [-0.39, 0.29) is 18.0 Å². The van der Waals surface area contributed by atoms with Crippen molar-refractivity contribution in [3.8, 4) is 0 Å². The van der Waals surface area contributed by atoms with E-state index < -0.39 is 6.04 Å². The average molecular weight is 233 g/mol. The monoisotopic (exact) mass is 233 g/mol. The minimum atomic E-state index is -0.605. The fourth-order valence-electron chi connectivity index (χ4n) is 0.889. The van der Waals surface area contributed by atoms with Gasteiger partial charge in [-0.15, -0.1) is 0 Å². The lowest BCUT2D eigenvalue weighted by Gasteiger charge is -2.24. The Balaban J connectivity index is 3.58. The highest BCUT2D eigenvalue weighted by Gasteiger charge is 2.28. The molecule has 1 atom stereocenters. The quantitative estimate of drug-likeness (QED) is 0.514. The molecule has 0 aliphatic carbocycles. The number of carbonyl (C=O) groups is 1. The van der Waals surface area contributed by atoms with Gasteiger partial charge in [-0.25, -0.2) is 0 Å². The molecular formula is C11H23NO4. The second kappa shape index (κ2) is 7.60. The van der Waals surface area contributed by atoms with E-state index >= 15 is 0 Å². The van der Waals surface area contributed by atoms with Crippen molar-refractivity contribution in [2.45, 2.75) is 26.8 Å². The van der Waals surface area contributed by atoms with E-state index in [0.29, 0.717) is 19.8 Å². The molecule has 0 aliphatic heterocycles. The lowest BCUT2D eigenvalue weighted by molar-refractivity contribution is -0.149. The molecule has 0 heterocycles. The largest absolute Gasteiger partial charge is 0.462 e.